The van der Waals surface area contributed by atoms with E-state index in [0.717, 1.165) is 47.1 Å². The van der Waals surface area contributed by atoms with Gasteiger partial charge in [-0.2, -0.15) is 0 Å². The number of benzene rings is 1. The maximum absolute atomic E-state index is 5.50. The van der Waals surface area contributed by atoms with Crippen molar-refractivity contribution < 1.29 is 4.74 Å². The van der Waals surface area contributed by atoms with E-state index in [-0.39, 0.29) is 0 Å². The number of aryl methyl sites for hydroxylation is 2. The number of hydrogen-bond donors (Lipinski definition) is 1. The smallest absolute Gasteiger partial charge is 0.133 e. The molecule has 0 aliphatic rings. The van der Waals surface area contributed by atoms with Crippen LogP contribution in [0.25, 0.3) is 11.3 Å². The number of aromatic nitrogens is 2. The minimum absolute atomic E-state index is 0.840. The molecule has 0 saturated carbocycles. The second-order valence-corrected chi connectivity index (χ2v) is 5.17. The number of nitrogens with zero attached hydrogens (tertiary/aromatic N) is 2. The number of nitrogens with one attached hydrogen (secondary N) is 1. The molecule has 112 valence electrons. The van der Waals surface area contributed by atoms with E-state index >= 15 is 0 Å². The first-order chi connectivity index (χ1) is 10.1. The van der Waals surface area contributed by atoms with Gasteiger partial charge in [-0.15, -0.1) is 0 Å². The summed E-state index contributed by atoms with van der Waals surface area (Å²) in [6, 6.07) is 6.15. The van der Waals surface area contributed by atoms with Crippen molar-refractivity contribution >= 4 is 5.82 Å². The fourth-order valence-electron chi connectivity index (χ4n) is 2.41. The molecule has 1 aromatic carbocycles. The van der Waals surface area contributed by atoms with E-state index in [4.69, 9.17) is 9.72 Å². The Bertz CT molecular complexity index is 638. The zero-order chi connectivity index (χ0) is 15.4. The lowest BCUT2D eigenvalue weighted by molar-refractivity contribution is 0.416. The van der Waals surface area contributed by atoms with Crippen LogP contribution in [0.4, 0.5) is 5.82 Å². The Morgan fingerprint density at radius 1 is 1.19 bits per heavy atom. The summed E-state index contributed by atoms with van der Waals surface area (Å²) < 4.78 is 5.50. The summed E-state index contributed by atoms with van der Waals surface area (Å²) in [6.45, 7) is 6.25. The van der Waals surface area contributed by atoms with E-state index in [0.29, 0.717) is 0 Å². The summed E-state index contributed by atoms with van der Waals surface area (Å²) in [4.78, 5) is 9.34. The van der Waals surface area contributed by atoms with Gasteiger partial charge < -0.3 is 10.1 Å². The number of ether oxygens (including phenoxy) is 1. The number of methoxy groups -OCH3 is 1. The van der Waals surface area contributed by atoms with Gasteiger partial charge in [0.15, 0.2) is 0 Å². The molecule has 2 rings (SSSR count). The Hall–Kier alpha value is -2.10. The molecule has 0 atom stereocenters. The average molecular weight is 285 g/mol. The summed E-state index contributed by atoms with van der Waals surface area (Å²) in [5, 5.41) is 3.16. The maximum atomic E-state index is 5.50. The van der Waals surface area contributed by atoms with Crippen molar-refractivity contribution in [3.05, 3.63) is 35.2 Å². The Labute approximate surface area is 126 Å². The third-order valence-electron chi connectivity index (χ3n) is 3.51. The molecule has 2 aromatic rings. The van der Waals surface area contributed by atoms with Crippen molar-refractivity contribution in [1.82, 2.24) is 9.97 Å². The van der Waals surface area contributed by atoms with Gasteiger partial charge in [0, 0.05) is 24.6 Å². The summed E-state index contributed by atoms with van der Waals surface area (Å²) in [5.74, 6) is 2.59. The number of anilines is 1. The molecule has 0 radical (unpaired) electrons. The zero-order valence-electron chi connectivity index (χ0n) is 13.4. The van der Waals surface area contributed by atoms with Gasteiger partial charge in [0.2, 0.25) is 0 Å². The third kappa shape index (κ3) is 3.15. The number of rotatable bonds is 5. The molecule has 0 saturated heterocycles. The van der Waals surface area contributed by atoms with Crippen LogP contribution < -0.4 is 10.1 Å². The maximum Gasteiger partial charge on any atom is 0.133 e. The highest BCUT2D eigenvalue weighted by atomic mass is 16.5. The van der Waals surface area contributed by atoms with Crippen molar-refractivity contribution in [3.63, 3.8) is 0 Å². The highest BCUT2D eigenvalue weighted by Crippen LogP contribution is 2.33. The molecule has 0 amide bonds. The summed E-state index contributed by atoms with van der Waals surface area (Å²) in [6.07, 6.45) is 1.90. The molecule has 4 nitrogen and oxygen atoms in total. The molecule has 0 fully saturated rings. The molecule has 0 unspecified atom stereocenters. The van der Waals surface area contributed by atoms with Crippen LogP contribution in [0.15, 0.2) is 18.2 Å². The minimum atomic E-state index is 0.840. The highest BCUT2D eigenvalue weighted by Gasteiger charge is 2.15. The van der Waals surface area contributed by atoms with Gasteiger partial charge in [-0.1, -0.05) is 18.6 Å². The lowest BCUT2D eigenvalue weighted by atomic mass is 10.0. The summed E-state index contributed by atoms with van der Waals surface area (Å²) >= 11 is 0. The zero-order valence-corrected chi connectivity index (χ0v) is 13.4. The van der Waals surface area contributed by atoms with Gasteiger partial charge in [0.25, 0.3) is 0 Å². The second-order valence-electron chi connectivity index (χ2n) is 5.17. The first-order valence-corrected chi connectivity index (χ1v) is 7.31. The van der Waals surface area contributed by atoms with E-state index in [1.54, 1.807) is 7.11 Å². The molecule has 1 heterocycles. The Balaban J connectivity index is 2.67. The van der Waals surface area contributed by atoms with Crippen LogP contribution in [-0.2, 0) is 6.42 Å². The Kier molecular flexibility index (Phi) is 4.78. The van der Waals surface area contributed by atoms with Gasteiger partial charge in [0.05, 0.1) is 12.8 Å². The topological polar surface area (TPSA) is 47.0 Å². The van der Waals surface area contributed by atoms with Crippen molar-refractivity contribution in [1.29, 1.82) is 0 Å². The monoisotopic (exact) mass is 285 g/mol. The Morgan fingerprint density at radius 2 is 1.95 bits per heavy atom. The van der Waals surface area contributed by atoms with Crippen molar-refractivity contribution in [2.45, 2.75) is 33.6 Å². The van der Waals surface area contributed by atoms with Crippen molar-refractivity contribution in [3.8, 4) is 17.0 Å². The van der Waals surface area contributed by atoms with Crippen LogP contribution >= 0.6 is 0 Å². The van der Waals surface area contributed by atoms with Crippen LogP contribution in [0.5, 0.6) is 5.75 Å². The lowest BCUT2D eigenvalue weighted by Crippen LogP contribution is -2.06. The molecule has 4 heteroatoms. The lowest BCUT2D eigenvalue weighted by Gasteiger charge is -2.15. The van der Waals surface area contributed by atoms with Gasteiger partial charge >= 0.3 is 0 Å². The fourth-order valence-corrected chi connectivity index (χ4v) is 2.41. The normalized spacial score (nSPS) is 10.5. The number of hydrogen-bond acceptors (Lipinski definition) is 4. The van der Waals surface area contributed by atoms with Crippen molar-refractivity contribution in [2.75, 3.05) is 19.5 Å². The minimum Gasteiger partial charge on any atom is -0.496 e. The first kappa shape index (κ1) is 15.3. The van der Waals surface area contributed by atoms with Gasteiger partial charge in [-0.25, -0.2) is 9.97 Å². The van der Waals surface area contributed by atoms with Crippen LogP contribution in [0.2, 0.25) is 0 Å². The van der Waals surface area contributed by atoms with E-state index in [1.165, 1.54) is 5.56 Å². The molecule has 21 heavy (non-hydrogen) atoms. The molecule has 1 aromatic heterocycles. The van der Waals surface area contributed by atoms with Gasteiger partial charge in [-0.05, 0) is 32.4 Å². The van der Waals surface area contributed by atoms with Crippen LogP contribution in [0.1, 0.15) is 30.3 Å². The van der Waals surface area contributed by atoms with Crippen LogP contribution in [-0.4, -0.2) is 24.1 Å². The predicted molar refractivity (Wildman–Crippen MR) is 87.0 cm³/mol. The summed E-state index contributed by atoms with van der Waals surface area (Å²) in [7, 11) is 3.58. The fraction of sp³-hybridized carbons (Fsp3) is 0.412. The SMILES string of the molecule is CCCc1nc(NC)c(C)c(-c2cc(C)ccc2OC)n1. The highest BCUT2D eigenvalue weighted by molar-refractivity contribution is 5.74. The molecule has 1 N–H and O–H groups in total. The standard InChI is InChI=1S/C17H23N3O/c1-6-7-15-19-16(12(3)17(18-4)20-15)13-10-11(2)8-9-14(13)21-5/h8-10H,6-7H2,1-5H3,(H,18,19,20). The summed E-state index contributed by atoms with van der Waals surface area (Å²) in [5.41, 5.74) is 4.19. The molecule has 0 bridgehead atoms. The quantitative estimate of drug-likeness (QED) is 0.908. The Morgan fingerprint density at radius 3 is 2.57 bits per heavy atom. The first-order valence-electron chi connectivity index (χ1n) is 7.31. The second kappa shape index (κ2) is 6.57. The van der Waals surface area contributed by atoms with E-state index in [1.807, 2.05) is 26.1 Å². The molecule has 0 aliphatic heterocycles. The van der Waals surface area contributed by atoms with Gasteiger partial charge in [0.1, 0.15) is 17.4 Å². The molecule has 0 aliphatic carbocycles. The van der Waals surface area contributed by atoms with E-state index < -0.39 is 0 Å². The molecular formula is C17H23N3O. The largest absolute Gasteiger partial charge is 0.496 e. The van der Waals surface area contributed by atoms with Crippen LogP contribution in [0.3, 0.4) is 0 Å². The van der Waals surface area contributed by atoms with Crippen molar-refractivity contribution in [2.24, 2.45) is 0 Å². The van der Waals surface area contributed by atoms with Crippen LogP contribution in [0, 0.1) is 13.8 Å². The molecular weight excluding hydrogens is 262 g/mol. The van der Waals surface area contributed by atoms with E-state index in [2.05, 4.69) is 30.2 Å². The molecule has 0 spiro atoms. The van der Waals surface area contributed by atoms with Gasteiger partial charge in [-0.3, -0.25) is 0 Å². The average Bonchev–Trinajstić information content (AvgIpc) is 2.49. The van der Waals surface area contributed by atoms with E-state index in [9.17, 15) is 0 Å². The third-order valence-corrected chi connectivity index (χ3v) is 3.51. The predicted octanol–water partition coefficient (Wildman–Crippen LogP) is 3.76.